The topological polar surface area (TPSA) is 132 Å². The van der Waals surface area contributed by atoms with Crippen LogP contribution in [0.25, 0.3) is 0 Å². The van der Waals surface area contributed by atoms with Crippen LogP contribution < -0.4 is 15.4 Å². The van der Waals surface area contributed by atoms with Gasteiger partial charge in [0.05, 0.1) is 16.4 Å². The molecule has 3 N–H and O–H groups in total. The van der Waals surface area contributed by atoms with Crippen LogP contribution in [-0.2, 0) is 19.6 Å². The number of hydrogen-bond acceptors (Lipinski definition) is 8. The van der Waals surface area contributed by atoms with Crippen LogP contribution in [0, 0.1) is 5.92 Å². The van der Waals surface area contributed by atoms with E-state index in [1.165, 1.54) is 18.3 Å². The molecule has 174 valence electrons. The standard InChI is InChI=1S/C20H26N4O5S3/c1-2-29-18(25)17(30)16-11-22-19(31-16)23-20(26)24(12-13-5-3-4-6-13)14-7-9-15(10-8-14)32(21,27)28/h7-11,13,17,30H,2-6,12H2,1H3,(H2,21,27,28)(H,22,23,26). The Kier molecular flexibility index (Phi) is 8.15. The second-order valence-corrected chi connectivity index (χ2v) is 10.6. The molecule has 32 heavy (non-hydrogen) atoms. The molecule has 1 atom stereocenters. The lowest BCUT2D eigenvalue weighted by Gasteiger charge is -2.26. The summed E-state index contributed by atoms with van der Waals surface area (Å²) in [7, 11) is -3.83. The maximum atomic E-state index is 13.1. The van der Waals surface area contributed by atoms with Gasteiger partial charge in [-0.3, -0.25) is 15.0 Å². The van der Waals surface area contributed by atoms with Gasteiger partial charge in [0.15, 0.2) is 5.13 Å². The predicted molar refractivity (Wildman–Crippen MR) is 127 cm³/mol. The summed E-state index contributed by atoms with van der Waals surface area (Å²) in [5.41, 5.74) is 0.553. The number of rotatable bonds is 8. The van der Waals surface area contributed by atoms with Crippen molar-refractivity contribution in [2.24, 2.45) is 11.1 Å². The number of esters is 1. The van der Waals surface area contributed by atoms with Gasteiger partial charge in [0, 0.05) is 18.4 Å². The van der Waals surface area contributed by atoms with Crippen molar-refractivity contribution < 1.29 is 22.7 Å². The molecule has 1 aromatic heterocycles. The third-order valence-electron chi connectivity index (χ3n) is 5.15. The number of primary sulfonamides is 1. The molecule has 1 aliphatic rings. The third kappa shape index (κ3) is 6.21. The first kappa shape index (κ1) is 24.5. The molecule has 0 aliphatic heterocycles. The highest BCUT2D eigenvalue weighted by atomic mass is 32.2. The van der Waals surface area contributed by atoms with Crippen LogP contribution in [0.1, 0.15) is 42.7 Å². The molecule has 1 aromatic carbocycles. The van der Waals surface area contributed by atoms with Crippen molar-refractivity contribution >= 4 is 56.8 Å². The highest BCUT2D eigenvalue weighted by molar-refractivity contribution is 7.89. The fourth-order valence-electron chi connectivity index (χ4n) is 3.54. The minimum Gasteiger partial charge on any atom is -0.465 e. The molecule has 12 heteroatoms. The molecule has 1 heterocycles. The number of nitrogens with zero attached hydrogens (tertiary/aromatic N) is 2. The maximum absolute atomic E-state index is 13.1. The summed E-state index contributed by atoms with van der Waals surface area (Å²) in [6, 6.07) is 5.49. The molecule has 1 saturated carbocycles. The first-order chi connectivity index (χ1) is 15.2. The minimum absolute atomic E-state index is 0.0224. The fraction of sp³-hybridized carbons (Fsp3) is 0.450. The molecular formula is C20H26N4O5S3. The first-order valence-corrected chi connectivity index (χ1v) is 13.1. The summed E-state index contributed by atoms with van der Waals surface area (Å²) in [6.45, 7) is 2.46. The van der Waals surface area contributed by atoms with E-state index >= 15 is 0 Å². The number of thiol groups is 1. The van der Waals surface area contributed by atoms with Crippen molar-refractivity contribution in [1.29, 1.82) is 0 Å². The number of nitrogens with one attached hydrogen (secondary N) is 1. The molecule has 2 amide bonds. The third-order valence-corrected chi connectivity index (χ3v) is 7.72. The average molecular weight is 499 g/mol. The van der Waals surface area contributed by atoms with Crippen molar-refractivity contribution in [3.63, 3.8) is 0 Å². The zero-order valence-corrected chi connectivity index (χ0v) is 20.1. The molecule has 1 fully saturated rings. The van der Waals surface area contributed by atoms with E-state index in [0.29, 0.717) is 28.2 Å². The maximum Gasteiger partial charge on any atom is 0.328 e. The van der Waals surface area contributed by atoms with Crippen LogP contribution in [0.3, 0.4) is 0 Å². The minimum atomic E-state index is -3.83. The van der Waals surface area contributed by atoms with Gasteiger partial charge in [-0.05, 0) is 49.9 Å². The number of amides is 2. The van der Waals surface area contributed by atoms with E-state index in [2.05, 4.69) is 22.9 Å². The largest absolute Gasteiger partial charge is 0.465 e. The van der Waals surface area contributed by atoms with Crippen molar-refractivity contribution in [2.45, 2.75) is 42.8 Å². The van der Waals surface area contributed by atoms with Gasteiger partial charge in [-0.1, -0.05) is 24.2 Å². The molecule has 0 saturated heterocycles. The Morgan fingerprint density at radius 3 is 2.56 bits per heavy atom. The first-order valence-electron chi connectivity index (χ1n) is 10.2. The van der Waals surface area contributed by atoms with Crippen molar-refractivity contribution in [3.8, 4) is 0 Å². The SMILES string of the molecule is CCOC(=O)C(S)c1cnc(NC(=O)N(CC2CCCC2)c2ccc(S(N)(=O)=O)cc2)s1. The van der Waals surface area contributed by atoms with Crippen molar-refractivity contribution in [2.75, 3.05) is 23.4 Å². The Balaban J connectivity index is 1.78. The van der Waals surface area contributed by atoms with Gasteiger partial charge in [-0.2, -0.15) is 12.6 Å². The number of aromatic nitrogens is 1. The number of carbonyl (C=O) groups is 2. The van der Waals surface area contributed by atoms with E-state index in [1.54, 1.807) is 24.0 Å². The second-order valence-electron chi connectivity index (χ2n) is 7.45. The number of nitrogens with two attached hydrogens (primary N) is 1. The quantitative estimate of drug-likeness (QED) is 0.377. The van der Waals surface area contributed by atoms with Crippen molar-refractivity contribution in [3.05, 3.63) is 35.3 Å². The molecule has 0 bridgehead atoms. The molecule has 1 unspecified atom stereocenters. The second kappa shape index (κ2) is 10.6. The van der Waals surface area contributed by atoms with Crippen LogP contribution in [0.4, 0.5) is 15.6 Å². The van der Waals surface area contributed by atoms with Crippen LogP contribution in [0.2, 0.25) is 0 Å². The zero-order valence-electron chi connectivity index (χ0n) is 17.6. The van der Waals surface area contributed by atoms with Crippen molar-refractivity contribution in [1.82, 2.24) is 4.98 Å². The average Bonchev–Trinajstić information content (AvgIpc) is 3.43. The number of carbonyl (C=O) groups excluding carboxylic acids is 2. The van der Waals surface area contributed by atoms with Crippen LogP contribution >= 0.6 is 24.0 Å². The number of urea groups is 1. The molecular weight excluding hydrogens is 472 g/mol. The zero-order chi connectivity index (χ0) is 23.3. The summed E-state index contributed by atoms with van der Waals surface area (Å²) in [5, 5.41) is 7.49. The Morgan fingerprint density at radius 2 is 1.97 bits per heavy atom. The Hall–Kier alpha value is -2.15. The van der Waals surface area contributed by atoms with Gasteiger partial charge in [0.25, 0.3) is 0 Å². The van der Waals surface area contributed by atoms with Crippen LogP contribution in [0.15, 0.2) is 35.4 Å². The van der Waals surface area contributed by atoms with E-state index in [1.807, 2.05) is 0 Å². The summed E-state index contributed by atoms with van der Waals surface area (Å²) >= 11 is 5.42. The van der Waals surface area contributed by atoms with Gasteiger partial charge < -0.3 is 4.74 Å². The summed E-state index contributed by atoms with van der Waals surface area (Å²) in [6.07, 6.45) is 5.79. The smallest absolute Gasteiger partial charge is 0.328 e. The monoisotopic (exact) mass is 498 g/mol. The fourth-order valence-corrected chi connectivity index (χ4v) is 5.13. The molecule has 9 nitrogen and oxygen atoms in total. The highest BCUT2D eigenvalue weighted by Gasteiger charge is 2.25. The number of ether oxygens (including phenoxy) is 1. The van der Waals surface area contributed by atoms with E-state index < -0.39 is 27.3 Å². The number of hydrogen-bond donors (Lipinski definition) is 3. The van der Waals surface area contributed by atoms with E-state index in [0.717, 1.165) is 37.0 Å². The normalized spacial score (nSPS) is 15.3. The lowest BCUT2D eigenvalue weighted by molar-refractivity contribution is -0.142. The Morgan fingerprint density at radius 1 is 1.31 bits per heavy atom. The molecule has 2 aromatic rings. The summed E-state index contributed by atoms with van der Waals surface area (Å²) in [4.78, 5) is 31.3. The number of anilines is 2. The highest BCUT2D eigenvalue weighted by Crippen LogP contribution is 2.31. The lowest BCUT2D eigenvalue weighted by atomic mass is 10.1. The van der Waals surface area contributed by atoms with Crippen LogP contribution in [-0.4, -0.2) is 38.6 Å². The van der Waals surface area contributed by atoms with Gasteiger partial charge in [0.2, 0.25) is 10.0 Å². The van der Waals surface area contributed by atoms with Gasteiger partial charge in [-0.15, -0.1) is 0 Å². The number of sulfonamides is 1. The van der Waals surface area contributed by atoms with Crippen LogP contribution in [0.5, 0.6) is 0 Å². The van der Waals surface area contributed by atoms with E-state index in [4.69, 9.17) is 9.88 Å². The van der Waals surface area contributed by atoms with Gasteiger partial charge >= 0.3 is 12.0 Å². The lowest BCUT2D eigenvalue weighted by Crippen LogP contribution is -2.38. The molecule has 0 spiro atoms. The molecule has 1 aliphatic carbocycles. The molecule has 3 rings (SSSR count). The Bertz CT molecular complexity index is 1050. The number of benzene rings is 1. The van der Waals surface area contributed by atoms with Gasteiger partial charge in [-0.25, -0.2) is 23.3 Å². The molecule has 0 radical (unpaired) electrons. The Labute approximate surface area is 196 Å². The summed E-state index contributed by atoms with van der Waals surface area (Å²) < 4.78 is 28.1. The predicted octanol–water partition coefficient (Wildman–Crippen LogP) is 3.55. The van der Waals surface area contributed by atoms with E-state index in [-0.39, 0.29) is 11.5 Å². The van der Waals surface area contributed by atoms with Gasteiger partial charge in [0.1, 0.15) is 5.25 Å². The van der Waals surface area contributed by atoms with E-state index in [9.17, 15) is 18.0 Å². The number of thiazole rings is 1. The summed E-state index contributed by atoms with van der Waals surface area (Å²) in [5.74, 6) is -0.119.